The van der Waals surface area contributed by atoms with E-state index in [2.05, 4.69) is 55.4 Å². The summed E-state index contributed by atoms with van der Waals surface area (Å²) in [4.78, 5) is 2.32. The third-order valence-corrected chi connectivity index (χ3v) is 2.72. The maximum absolute atomic E-state index is 3.43. The number of hydrogen-bond donors (Lipinski definition) is 1. The summed E-state index contributed by atoms with van der Waals surface area (Å²) in [6, 6.07) is 8.67. The minimum atomic E-state index is 1.11. The number of benzene rings is 1. The molecule has 0 aromatic heterocycles. The molecule has 0 spiro atoms. The van der Waals surface area contributed by atoms with Crippen LogP contribution in [0.15, 0.2) is 24.3 Å². The van der Waals surface area contributed by atoms with Gasteiger partial charge in [0.2, 0.25) is 0 Å². The number of nitrogens with zero attached hydrogens (tertiary/aromatic N) is 1. The van der Waals surface area contributed by atoms with Gasteiger partial charge in [-0.15, -0.1) is 0 Å². The molecule has 1 rings (SSSR count). The molecule has 16 heavy (non-hydrogen) atoms. The molecule has 1 N–H and O–H groups in total. The lowest BCUT2D eigenvalue weighted by atomic mass is 10.2. The Balaban J connectivity index is 2.27. The minimum Gasteiger partial charge on any atom is -0.375 e. The summed E-state index contributed by atoms with van der Waals surface area (Å²) in [5.74, 6) is 0. The van der Waals surface area contributed by atoms with E-state index in [1.165, 1.54) is 24.1 Å². The molecule has 2 nitrogen and oxygen atoms in total. The molecule has 0 saturated carbocycles. The van der Waals surface area contributed by atoms with E-state index < -0.39 is 0 Å². The van der Waals surface area contributed by atoms with Crippen LogP contribution in [-0.4, -0.2) is 26.7 Å². The van der Waals surface area contributed by atoms with E-state index in [0.717, 1.165) is 19.6 Å². The summed E-state index contributed by atoms with van der Waals surface area (Å²) in [5, 5.41) is 3.43. The molecule has 0 unspecified atom stereocenters. The lowest BCUT2D eigenvalue weighted by Gasteiger charge is -2.19. The smallest absolute Gasteiger partial charge is 0.0366 e. The van der Waals surface area contributed by atoms with Gasteiger partial charge in [-0.2, -0.15) is 0 Å². The lowest BCUT2D eigenvalue weighted by molar-refractivity contribution is 0.637. The van der Waals surface area contributed by atoms with Gasteiger partial charge in [-0.05, 0) is 50.6 Å². The fourth-order valence-corrected chi connectivity index (χ4v) is 1.74. The average Bonchev–Trinajstić information content (AvgIpc) is 2.28. The predicted octanol–water partition coefficient (Wildman–Crippen LogP) is 2.82. The third kappa shape index (κ3) is 4.67. The van der Waals surface area contributed by atoms with Gasteiger partial charge in [0.1, 0.15) is 0 Å². The third-order valence-electron chi connectivity index (χ3n) is 2.72. The summed E-state index contributed by atoms with van der Waals surface area (Å²) >= 11 is 0. The molecule has 2 heteroatoms. The van der Waals surface area contributed by atoms with Crippen molar-refractivity contribution in [1.82, 2.24) is 5.32 Å². The molecular weight excluding hydrogens is 196 g/mol. The second kappa shape index (κ2) is 7.29. The Labute approximate surface area is 99.7 Å². The van der Waals surface area contributed by atoms with Gasteiger partial charge in [0.25, 0.3) is 0 Å². The van der Waals surface area contributed by atoms with Crippen LogP contribution in [-0.2, 0) is 0 Å². The monoisotopic (exact) mass is 220 g/mol. The molecule has 0 saturated heterocycles. The predicted molar refractivity (Wildman–Crippen MR) is 72.2 cm³/mol. The highest BCUT2D eigenvalue weighted by Gasteiger charge is 1.99. The Kier molecular flexibility index (Phi) is 5.94. The lowest BCUT2D eigenvalue weighted by Crippen LogP contribution is -2.24. The quantitative estimate of drug-likeness (QED) is 0.711. The second-order valence-electron chi connectivity index (χ2n) is 4.36. The fraction of sp³-hybridized carbons (Fsp3) is 0.571. The van der Waals surface area contributed by atoms with Crippen LogP contribution < -0.4 is 10.2 Å². The first kappa shape index (κ1) is 13.0. The highest BCUT2D eigenvalue weighted by Crippen LogP contribution is 2.13. The molecular formula is C14H24N2. The molecule has 0 heterocycles. The molecule has 0 fully saturated rings. The zero-order chi connectivity index (χ0) is 11.8. The molecule has 0 aliphatic heterocycles. The van der Waals surface area contributed by atoms with Crippen LogP contribution in [0.25, 0.3) is 0 Å². The topological polar surface area (TPSA) is 15.3 Å². The van der Waals surface area contributed by atoms with Crippen molar-refractivity contribution < 1.29 is 0 Å². The summed E-state index contributed by atoms with van der Waals surface area (Å²) in [7, 11) is 2.16. The average molecular weight is 220 g/mol. The van der Waals surface area contributed by atoms with Gasteiger partial charge in [-0.25, -0.2) is 0 Å². The summed E-state index contributed by atoms with van der Waals surface area (Å²) in [6.07, 6.45) is 2.41. The van der Waals surface area contributed by atoms with Crippen molar-refractivity contribution in [3.05, 3.63) is 29.8 Å². The van der Waals surface area contributed by atoms with Crippen molar-refractivity contribution in [3.8, 4) is 0 Å². The zero-order valence-corrected chi connectivity index (χ0v) is 10.8. The van der Waals surface area contributed by atoms with Crippen LogP contribution in [0.2, 0.25) is 0 Å². The molecule has 0 aliphatic carbocycles. The number of hydrogen-bond acceptors (Lipinski definition) is 2. The van der Waals surface area contributed by atoms with E-state index in [4.69, 9.17) is 0 Å². The highest BCUT2D eigenvalue weighted by molar-refractivity contribution is 5.47. The fourth-order valence-electron chi connectivity index (χ4n) is 1.74. The number of aryl methyl sites for hydroxylation is 1. The van der Waals surface area contributed by atoms with E-state index in [9.17, 15) is 0 Å². The van der Waals surface area contributed by atoms with Crippen molar-refractivity contribution in [2.75, 3.05) is 31.6 Å². The molecule has 0 radical (unpaired) electrons. The zero-order valence-electron chi connectivity index (χ0n) is 10.8. The van der Waals surface area contributed by atoms with E-state index in [1.54, 1.807) is 0 Å². The first-order valence-corrected chi connectivity index (χ1v) is 6.22. The summed E-state index contributed by atoms with van der Waals surface area (Å²) in [6.45, 7) is 7.70. The van der Waals surface area contributed by atoms with Crippen LogP contribution in [0, 0.1) is 6.92 Å². The maximum Gasteiger partial charge on any atom is 0.0366 e. The second-order valence-corrected chi connectivity index (χ2v) is 4.36. The summed E-state index contributed by atoms with van der Waals surface area (Å²) < 4.78 is 0. The van der Waals surface area contributed by atoms with Crippen LogP contribution in [0.3, 0.4) is 0 Å². The van der Waals surface area contributed by atoms with Crippen LogP contribution >= 0.6 is 0 Å². The van der Waals surface area contributed by atoms with Gasteiger partial charge in [0, 0.05) is 19.3 Å². The molecule has 90 valence electrons. The van der Waals surface area contributed by atoms with Gasteiger partial charge in [0.15, 0.2) is 0 Å². The van der Waals surface area contributed by atoms with Gasteiger partial charge in [0.05, 0.1) is 0 Å². The van der Waals surface area contributed by atoms with E-state index in [-0.39, 0.29) is 0 Å². The number of anilines is 1. The first-order chi connectivity index (χ1) is 7.74. The first-order valence-electron chi connectivity index (χ1n) is 6.22. The Bertz CT molecular complexity index is 297. The van der Waals surface area contributed by atoms with Gasteiger partial charge in [-0.1, -0.05) is 19.1 Å². The highest BCUT2D eigenvalue weighted by atomic mass is 15.1. The normalized spacial score (nSPS) is 10.4. The SMILES string of the molecule is CCCNCCCN(C)c1cccc(C)c1. The molecule has 1 aromatic carbocycles. The molecule has 0 atom stereocenters. The number of nitrogens with one attached hydrogen (secondary N) is 1. The van der Waals surface area contributed by atoms with Crippen molar-refractivity contribution in [1.29, 1.82) is 0 Å². The van der Waals surface area contributed by atoms with Crippen molar-refractivity contribution >= 4 is 5.69 Å². The molecule has 0 bridgehead atoms. The van der Waals surface area contributed by atoms with Crippen LogP contribution in [0.4, 0.5) is 5.69 Å². The molecule has 0 aliphatic rings. The Morgan fingerprint density at radius 2 is 2.06 bits per heavy atom. The van der Waals surface area contributed by atoms with Crippen LogP contribution in [0.1, 0.15) is 25.3 Å². The Hall–Kier alpha value is -1.02. The van der Waals surface area contributed by atoms with Crippen molar-refractivity contribution in [2.45, 2.75) is 26.7 Å². The van der Waals surface area contributed by atoms with Gasteiger partial charge in [-0.3, -0.25) is 0 Å². The Morgan fingerprint density at radius 3 is 2.75 bits per heavy atom. The molecule has 1 aromatic rings. The van der Waals surface area contributed by atoms with Gasteiger partial charge >= 0.3 is 0 Å². The number of rotatable bonds is 7. The minimum absolute atomic E-state index is 1.11. The summed E-state index contributed by atoms with van der Waals surface area (Å²) in [5.41, 5.74) is 2.64. The van der Waals surface area contributed by atoms with Crippen molar-refractivity contribution in [3.63, 3.8) is 0 Å². The molecule has 0 amide bonds. The largest absolute Gasteiger partial charge is 0.375 e. The van der Waals surface area contributed by atoms with Crippen molar-refractivity contribution in [2.24, 2.45) is 0 Å². The maximum atomic E-state index is 3.43. The standard InChI is InChI=1S/C14H24N2/c1-4-9-15-10-6-11-16(3)14-8-5-7-13(2)12-14/h5,7-8,12,15H,4,6,9-11H2,1-3H3. The Morgan fingerprint density at radius 1 is 1.25 bits per heavy atom. The van der Waals surface area contributed by atoms with E-state index in [0.29, 0.717) is 0 Å². The van der Waals surface area contributed by atoms with Crippen LogP contribution in [0.5, 0.6) is 0 Å². The van der Waals surface area contributed by atoms with E-state index in [1.807, 2.05) is 0 Å². The van der Waals surface area contributed by atoms with Gasteiger partial charge < -0.3 is 10.2 Å². The van der Waals surface area contributed by atoms with E-state index >= 15 is 0 Å².